The first-order valence-electron chi connectivity index (χ1n) is 14.0. The SMILES string of the molecule is CN1CCN(Cc2ccc(C(=O)Nc3cnn4ccc(N5CCC[C@@H]5c5cc(F)ccc5F)nc34)c(C(F)(F)F)c2)CC1. The Morgan fingerprint density at radius 2 is 1.81 bits per heavy atom. The third kappa shape index (κ3) is 6.04. The average molecular weight is 600 g/mol. The van der Waals surface area contributed by atoms with Crippen LogP contribution in [-0.4, -0.2) is 70.1 Å². The molecule has 1 N–H and O–H groups in total. The van der Waals surface area contributed by atoms with Gasteiger partial charge in [0.25, 0.3) is 5.91 Å². The van der Waals surface area contributed by atoms with Crippen molar-refractivity contribution in [1.29, 1.82) is 0 Å². The fourth-order valence-corrected chi connectivity index (χ4v) is 5.82. The molecule has 2 aromatic carbocycles. The third-order valence-corrected chi connectivity index (χ3v) is 8.10. The number of alkyl halides is 3. The Morgan fingerprint density at radius 3 is 2.58 bits per heavy atom. The topological polar surface area (TPSA) is 69.0 Å². The lowest BCUT2D eigenvalue weighted by molar-refractivity contribution is -0.138. The zero-order valence-corrected chi connectivity index (χ0v) is 23.4. The van der Waals surface area contributed by atoms with E-state index in [2.05, 4.69) is 25.2 Å². The van der Waals surface area contributed by atoms with E-state index in [0.29, 0.717) is 30.9 Å². The number of fused-ring (bicyclic) bond motifs is 1. The van der Waals surface area contributed by atoms with Gasteiger partial charge in [-0.1, -0.05) is 6.07 Å². The summed E-state index contributed by atoms with van der Waals surface area (Å²) in [4.78, 5) is 23.9. The van der Waals surface area contributed by atoms with E-state index in [0.717, 1.165) is 50.8 Å². The number of halogens is 5. The van der Waals surface area contributed by atoms with Gasteiger partial charge in [0, 0.05) is 51.0 Å². The van der Waals surface area contributed by atoms with Crippen molar-refractivity contribution in [3.8, 4) is 0 Å². The Morgan fingerprint density at radius 1 is 1.02 bits per heavy atom. The average Bonchev–Trinajstić information content (AvgIpc) is 3.62. The van der Waals surface area contributed by atoms with Crippen molar-refractivity contribution in [2.45, 2.75) is 31.6 Å². The molecule has 4 aromatic rings. The van der Waals surface area contributed by atoms with Gasteiger partial charge in [0.1, 0.15) is 23.1 Å². The van der Waals surface area contributed by atoms with Crippen molar-refractivity contribution >= 4 is 23.1 Å². The summed E-state index contributed by atoms with van der Waals surface area (Å²) < 4.78 is 72.3. The first kappa shape index (κ1) is 29.0. The number of likely N-dealkylation sites (N-methyl/N-ethyl adjacent to an activating group) is 1. The van der Waals surface area contributed by atoms with Gasteiger partial charge in [-0.25, -0.2) is 18.3 Å². The predicted octanol–water partition coefficient (Wildman–Crippen LogP) is 5.37. The van der Waals surface area contributed by atoms with Crippen LogP contribution >= 0.6 is 0 Å². The lowest BCUT2D eigenvalue weighted by Crippen LogP contribution is -2.43. The molecule has 0 unspecified atom stereocenters. The summed E-state index contributed by atoms with van der Waals surface area (Å²) in [6.07, 6.45) is -0.525. The Balaban J connectivity index is 1.25. The second-order valence-electron chi connectivity index (χ2n) is 11.0. The van der Waals surface area contributed by atoms with Crippen molar-refractivity contribution in [1.82, 2.24) is 24.4 Å². The quantitative estimate of drug-likeness (QED) is 0.301. The van der Waals surface area contributed by atoms with Crippen LogP contribution in [0.1, 0.15) is 45.9 Å². The van der Waals surface area contributed by atoms with Crippen LogP contribution in [0, 0.1) is 11.6 Å². The van der Waals surface area contributed by atoms with Crippen molar-refractivity contribution in [2.75, 3.05) is 50.0 Å². The van der Waals surface area contributed by atoms with Gasteiger partial charge in [-0.3, -0.25) is 9.69 Å². The number of benzene rings is 2. The third-order valence-electron chi connectivity index (χ3n) is 8.10. The van der Waals surface area contributed by atoms with Gasteiger partial charge < -0.3 is 15.1 Å². The molecule has 2 aliphatic rings. The molecule has 0 radical (unpaired) electrons. The highest BCUT2D eigenvalue weighted by molar-refractivity contribution is 6.07. The van der Waals surface area contributed by atoms with Gasteiger partial charge in [0.05, 0.1) is 23.4 Å². The lowest BCUT2D eigenvalue weighted by Gasteiger charge is -2.32. The predicted molar refractivity (Wildman–Crippen MR) is 151 cm³/mol. The van der Waals surface area contributed by atoms with E-state index >= 15 is 0 Å². The molecule has 2 aromatic heterocycles. The molecule has 0 spiro atoms. The van der Waals surface area contributed by atoms with Crippen LogP contribution in [0.4, 0.5) is 33.5 Å². The minimum absolute atomic E-state index is 0.120. The number of amides is 1. The number of hydrogen-bond donors (Lipinski definition) is 1. The van der Waals surface area contributed by atoms with E-state index < -0.39 is 40.9 Å². The van der Waals surface area contributed by atoms with Crippen LogP contribution in [-0.2, 0) is 12.7 Å². The first-order chi connectivity index (χ1) is 20.6. The second kappa shape index (κ2) is 11.5. The van der Waals surface area contributed by atoms with Gasteiger partial charge in [0.2, 0.25) is 0 Å². The normalized spacial score (nSPS) is 18.5. The molecular weight excluding hydrogens is 569 g/mol. The maximum atomic E-state index is 14.6. The van der Waals surface area contributed by atoms with Crippen molar-refractivity contribution in [3.05, 3.63) is 88.7 Å². The highest BCUT2D eigenvalue weighted by atomic mass is 19.4. The summed E-state index contributed by atoms with van der Waals surface area (Å²) in [7, 11) is 2.00. The molecule has 6 rings (SSSR count). The number of rotatable bonds is 6. The number of nitrogens with zero attached hydrogens (tertiary/aromatic N) is 6. The molecule has 0 saturated carbocycles. The Hall–Kier alpha value is -4.10. The minimum atomic E-state index is -4.74. The number of carbonyl (C=O) groups excluding carboxylic acids is 1. The molecule has 0 aliphatic carbocycles. The van der Waals surface area contributed by atoms with E-state index in [1.165, 1.54) is 22.8 Å². The molecule has 1 amide bonds. The number of aromatic nitrogens is 3. The Labute approximate surface area is 244 Å². The zero-order chi connectivity index (χ0) is 30.3. The van der Waals surface area contributed by atoms with Crippen LogP contribution in [0.15, 0.2) is 54.9 Å². The summed E-state index contributed by atoms with van der Waals surface area (Å²) in [5, 5.41) is 6.72. The molecule has 0 bridgehead atoms. The second-order valence-corrected chi connectivity index (χ2v) is 11.0. The fourth-order valence-electron chi connectivity index (χ4n) is 5.82. The number of nitrogens with one attached hydrogen (secondary N) is 1. The number of carbonyl (C=O) groups is 1. The maximum Gasteiger partial charge on any atom is 0.417 e. The van der Waals surface area contributed by atoms with E-state index in [1.807, 2.05) is 11.9 Å². The Bertz CT molecular complexity index is 1650. The largest absolute Gasteiger partial charge is 0.417 e. The van der Waals surface area contributed by atoms with Crippen LogP contribution in [0.3, 0.4) is 0 Å². The molecular formula is C30H30F5N7O. The summed E-state index contributed by atoms with van der Waals surface area (Å²) in [6, 6.07) is 8.34. The molecule has 8 nitrogen and oxygen atoms in total. The van der Waals surface area contributed by atoms with Crippen LogP contribution < -0.4 is 10.2 Å². The Kier molecular flexibility index (Phi) is 7.77. The number of hydrogen-bond acceptors (Lipinski definition) is 6. The fraction of sp³-hybridized carbons (Fsp3) is 0.367. The lowest BCUT2D eigenvalue weighted by atomic mass is 10.0. The van der Waals surface area contributed by atoms with Crippen molar-refractivity contribution in [2.24, 2.45) is 0 Å². The molecule has 43 heavy (non-hydrogen) atoms. The standard InChI is InChI=1S/C30H30F5N7O/c1-39-11-13-40(14-12-39)18-19-4-6-21(23(15-19)30(33,34)35)29(43)37-25-17-36-42-10-8-27(38-28(25)42)41-9-2-3-26(41)22-16-20(31)5-7-24(22)32/h4-8,10,15-17,26H,2-3,9,11-14,18H2,1H3,(H,37,43)/t26-/m1/s1. The molecule has 2 aliphatic heterocycles. The monoisotopic (exact) mass is 599 g/mol. The summed E-state index contributed by atoms with van der Waals surface area (Å²) >= 11 is 0. The highest BCUT2D eigenvalue weighted by Crippen LogP contribution is 2.37. The molecule has 2 saturated heterocycles. The van der Waals surface area contributed by atoms with Crippen molar-refractivity contribution < 1.29 is 26.7 Å². The first-order valence-corrected chi connectivity index (χ1v) is 14.0. The highest BCUT2D eigenvalue weighted by Gasteiger charge is 2.36. The van der Waals surface area contributed by atoms with Gasteiger partial charge >= 0.3 is 6.18 Å². The smallest absolute Gasteiger partial charge is 0.349 e. The summed E-state index contributed by atoms with van der Waals surface area (Å²) in [5.74, 6) is -1.56. The van der Waals surface area contributed by atoms with Crippen LogP contribution in [0.5, 0.6) is 0 Å². The van der Waals surface area contributed by atoms with Crippen molar-refractivity contribution in [3.63, 3.8) is 0 Å². The molecule has 4 heterocycles. The summed E-state index contributed by atoms with van der Waals surface area (Å²) in [6.45, 7) is 4.06. The minimum Gasteiger partial charge on any atom is -0.349 e. The van der Waals surface area contributed by atoms with Gasteiger partial charge in [-0.05, 0) is 61.9 Å². The van der Waals surface area contributed by atoms with E-state index in [-0.39, 0.29) is 16.9 Å². The molecule has 1 atom stereocenters. The van der Waals surface area contributed by atoms with E-state index in [4.69, 9.17) is 0 Å². The van der Waals surface area contributed by atoms with Gasteiger partial charge in [-0.2, -0.15) is 18.3 Å². The number of piperazine rings is 1. The summed E-state index contributed by atoms with van der Waals surface area (Å²) in [5.41, 5.74) is -0.502. The maximum absolute atomic E-state index is 14.6. The van der Waals surface area contributed by atoms with Gasteiger partial charge in [-0.15, -0.1) is 0 Å². The molecule has 2 fully saturated rings. The number of anilines is 2. The van der Waals surface area contributed by atoms with Gasteiger partial charge in [0.15, 0.2) is 5.65 Å². The molecule has 13 heteroatoms. The van der Waals surface area contributed by atoms with E-state index in [1.54, 1.807) is 18.3 Å². The zero-order valence-electron chi connectivity index (χ0n) is 23.4. The van der Waals surface area contributed by atoms with Crippen LogP contribution in [0.25, 0.3) is 5.65 Å². The van der Waals surface area contributed by atoms with Crippen LogP contribution in [0.2, 0.25) is 0 Å². The van der Waals surface area contributed by atoms with E-state index in [9.17, 15) is 26.7 Å². The molecule has 226 valence electrons.